The Kier molecular flexibility index (Phi) is 3.91. The zero-order chi connectivity index (χ0) is 15.1. The van der Waals surface area contributed by atoms with Gasteiger partial charge in [0.2, 0.25) is 5.91 Å². The van der Waals surface area contributed by atoms with E-state index in [4.69, 9.17) is 0 Å². The van der Waals surface area contributed by atoms with Gasteiger partial charge < -0.3 is 4.90 Å². The van der Waals surface area contributed by atoms with Crippen LogP contribution in [-0.4, -0.2) is 23.1 Å². The molecule has 1 heterocycles. The monoisotopic (exact) mass is 349 g/mol. The number of carbonyl (C=O) groups excluding carboxylic acids is 2. The Hall–Kier alpha value is -1.16. The van der Waals surface area contributed by atoms with Gasteiger partial charge in [-0.15, -0.1) is 0 Å². The summed E-state index contributed by atoms with van der Waals surface area (Å²) in [7, 11) is 0. The Morgan fingerprint density at radius 3 is 2.62 bits per heavy atom. The topological polar surface area (TPSA) is 37.4 Å². The van der Waals surface area contributed by atoms with Gasteiger partial charge in [0.1, 0.15) is 0 Å². The minimum Gasteiger partial charge on any atom is -0.312 e. The maximum Gasteiger partial charge on any atom is 0.230 e. The van der Waals surface area contributed by atoms with Crippen molar-refractivity contribution in [2.24, 2.45) is 11.8 Å². The second-order valence-corrected chi connectivity index (χ2v) is 7.35. The lowest BCUT2D eigenvalue weighted by molar-refractivity contribution is -0.119. The Labute approximate surface area is 133 Å². The molecule has 1 aliphatic heterocycles. The van der Waals surface area contributed by atoms with E-state index in [9.17, 15) is 9.59 Å². The van der Waals surface area contributed by atoms with Gasteiger partial charge in [0.25, 0.3) is 0 Å². The van der Waals surface area contributed by atoms with Gasteiger partial charge in [-0.05, 0) is 48.9 Å². The average Bonchev–Trinajstić information content (AvgIpc) is 3.24. The molecule has 0 spiro atoms. The number of halogens is 1. The molecule has 0 bridgehead atoms. The standard InChI is InChI=1S/C17H20BrNO2/c1-10(2)15(18)16(20)13-5-6-14-12(9-13)7-8-19(14)17(21)11-3-4-11/h5-6,9-11,15H,3-4,7-8H2,1-2H3. The largest absolute Gasteiger partial charge is 0.312 e. The number of Topliss-reactive ketones (excluding diaryl/α,β-unsaturated/α-hetero) is 1. The SMILES string of the molecule is CC(C)C(Br)C(=O)c1ccc2c(c1)CCN2C(=O)C1CC1. The van der Waals surface area contributed by atoms with Crippen molar-refractivity contribution in [1.29, 1.82) is 0 Å². The summed E-state index contributed by atoms with van der Waals surface area (Å²) >= 11 is 3.47. The molecule has 3 rings (SSSR count). The van der Waals surface area contributed by atoms with E-state index < -0.39 is 0 Å². The number of ketones is 1. The molecule has 1 saturated carbocycles. The molecule has 0 aromatic heterocycles. The summed E-state index contributed by atoms with van der Waals surface area (Å²) < 4.78 is 0. The molecule has 21 heavy (non-hydrogen) atoms. The normalized spacial score (nSPS) is 18.8. The molecule has 1 amide bonds. The molecular formula is C17H20BrNO2. The maximum atomic E-state index is 12.4. The molecule has 1 aliphatic carbocycles. The zero-order valence-electron chi connectivity index (χ0n) is 12.4. The quantitative estimate of drug-likeness (QED) is 0.615. The first-order valence-corrected chi connectivity index (χ1v) is 8.53. The first kappa shape index (κ1) is 14.8. The molecule has 2 aliphatic rings. The highest BCUT2D eigenvalue weighted by Crippen LogP contribution is 2.37. The van der Waals surface area contributed by atoms with Crippen molar-refractivity contribution in [3.05, 3.63) is 29.3 Å². The molecule has 0 radical (unpaired) electrons. The Morgan fingerprint density at radius 2 is 2.00 bits per heavy atom. The number of carbonyl (C=O) groups is 2. The third-order valence-corrected chi connectivity index (χ3v) is 5.76. The lowest BCUT2D eigenvalue weighted by Crippen LogP contribution is -2.30. The van der Waals surface area contributed by atoms with Crippen molar-refractivity contribution in [1.82, 2.24) is 0 Å². The van der Waals surface area contributed by atoms with E-state index in [1.54, 1.807) is 0 Å². The molecule has 3 nitrogen and oxygen atoms in total. The number of hydrogen-bond acceptors (Lipinski definition) is 2. The summed E-state index contributed by atoms with van der Waals surface area (Å²) in [6, 6.07) is 5.76. The van der Waals surface area contributed by atoms with E-state index in [-0.39, 0.29) is 28.4 Å². The van der Waals surface area contributed by atoms with Crippen molar-refractivity contribution in [3.8, 4) is 0 Å². The molecule has 0 saturated heterocycles. The fourth-order valence-corrected chi connectivity index (χ4v) is 3.06. The molecule has 0 N–H and O–H groups in total. The number of amides is 1. The van der Waals surface area contributed by atoms with Crippen molar-refractivity contribution < 1.29 is 9.59 Å². The van der Waals surface area contributed by atoms with Gasteiger partial charge in [-0.25, -0.2) is 0 Å². The average molecular weight is 350 g/mol. The Bertz CT molecular complexity index is 592. The van der Waals surface area contributed by atoms with Crippen LogP contribution in [0.3, 0.4) is 0 Å². The number of rotatable bonds is 4. The third-order valence-electron chi connectivity index (χ3n) is 4.29. The van der Waals surface area contributed by atoms with Crippen LogP contribution in [0.2, 0.25) is 0 Å². The zero-order valence-corrected chi connectivity index (χ0v) is 14.0. The van der Waals surface area contributed by atoms with Crippen LogP contribution in [0, 0.1) is 11.8 Å². The van der Waals surface area contributed by atoms with Crippen LogP contribution in [0.25, 0.3) is 0 Å². The fraction of sp³-hybridized carbons (Fsp3) is 0.529. The second kappa shape index (κ2) is 5.56. The molecule has 1 aromatic carbocycles. The summed E-state index contributed by atoms with van der Waals surface area (Å²) in [5.41, 5.74) is 2.86. The molecular weight excluding hydrogens is 330 g/mol. The van der Waals surface area contributed by atoms with Crippen LogP contribution >= 0.6 is 15.9 Å². The van der Waals surface area contributed by atoms with Crippen LogP contribution < -0.4 is 4.90 Å². The first-order valence-electron chi connectivity index (χ1n) is 7.61. The first-order chi connectivity index (χ1) is 9.99. The Morgan fingerprint density at radius 1 is 1.29 bits per heavy atom. The van der Waals surface area contributed by atoms with Gasteiger partial charge in [-0.2, -0.15) is 0 Å². The van der Waals surface area contributed by atoms with Crippen LogP contribution in [0.5, 0.6) is 0 Å². The third kappa shape index (κ3) is 2.78. The number of benzene rings is 1. The summed E-state index contributed by atoms with van der Waals surface area (Å²) in [5, 5.41) is 0. The van der Waals surface area contributed by atoms with Gasteiger partial charge in [-0.1, -0.05) is 29.8 Å². The molecule has 1 atom stereocenters. The number of nitrogens with zero attached hydrogens (tertiary/aromatic N) is 1. The van der Waals surface area contributed by atoms with Crippen LogP contribution in [0.4, 0.5) is 5.69 Å². The molecule has 112 valence electrons. The summed E-state index contributed by atoms with van der Waals surface area (Å²) in [6.45, 7) is 4.81. The van der Waals surface area contributed by atoms with E-state index in [1.165, 1.54) is 0 Å². The van der Waals surface area contributed by atoms with E-state index in [0.29, 0.717) is 0 Å². The fourth-order valence-electron chi connectivity index (χ4n) is 2.80. The smallest absolute Gasteiger partial charge is 0.230 e. The van der Waals surface area contributed by atoms with E-state index in [0.717, 1.165) is 42.6 Å². The summed E-state index contributed by atoms with van der Waals surface area (Å²) in [5.74, 6) is 0.886. The number of hydrogen-bond donors (Lipinski definition) is 0. The summed E-state index contributed by atoms with van der Waals surface area (Å²) in [6.07, 6.45) is 2.91. The predicted molar refractivity (Wildman–Crippen MR) is 87.1 cm³/mol. The van der Waals surface area contributed by atoms with E-state index in [2.05, 4.69) is 15.9 Å². The van der Waals surface area contributed by atoms with Crippen molar-refractivity contribution in [2.75, 3.05) is 11.4 Å². The van der Waals surface area contributed by atoms with Crippen molar-refractivity contribution in [2.45, 2.75) is 37.9 Å². The van der Waals surface area contributed by atoms with Crippen molar-refractivity contribution in [3.63, 3.8) is 0 Å². The van der Waals surface area contributed by atoms with E-state index in [1.807, 2.05) is 36.9 Å². The minimum atomic E-state index is -0.152. The predicted octanol–water partition coefficient (Wildman–Crippen LogP) is 3.59. The number of anilines is 1. The number of alkyl halides is 1. The summed E-state index contributed by atoms with van der Waals surface area (Å²) in [4.78, 5) is 26.4. The van der Waals surface area contributed by atoms with Gasteiger partial charge in [0.15, 0.2) is 5.78 Å². The van der Waals surface area contributed by atoms with Gasteiger partial charge in [0.05, 0.1) is 4.83 Å². The second-order valence-electron chi connectivity index (χ2n) is 6.37. The lowest BCUT2D eigenvalue weighted by atomic mass is 9.99. The van der Waals surface area contributed by atoms with Gasteiger partial charge in [-0.3, -0.25) is 9.59 Å². The van der Waals surface area contributed by atoms with E-state index >= 15 is 0 Å². The lowest BCUT2D eigenvalue weighted by Gasteiger charge is -2.18. The molecule has 1 unspecified atom stereocenters. The van der Waals surface area contributed by atoms with Crippen LogP contribution in [0.1, 0.15) is 42.6 Å². The van der Waals surface area contributed by atoms with Gasteiger partial charge in [0, 0.05) is 23.7 Å². The maximum absolute atomic E-state index is 12.4. The van der Waals surface area contributed by atoms with Gasteiger partial charge >= 0.3 is 0 Å². The molecule has 1 aromatic rings. The highest BCUT2D eigenvalue weighted by atomic mass is 79.9. The molecule has 4 heteroatoms. The minimum absolute atomic E-state index is 0.125. The van der Waals surface area contributed by atoms with Crippen LogP contribution in [-0.2, 0) is 11.2 Å². The highest BCUT2D eigenvalue weighted by Gasteiger charge is 2.36. The highest BCUT2D eigenvalue weighted by molar-refractivity contribution is 9.10. The number of fused-ring (bicyclic) bond motifs is 1. The van der Waals surface area contributed by atoms with Crippen LogP contribution in [0.15, 0.2) is 18.2 Å². The Balaban J connectivity index is 1.83. The molecule has 1 fully saturated rings. The van der Waals surface area contributed by atoms with Crippen molar-refractivity contribution >= 4 is 33.3 Å².